The minimum Gasteiger partial charge on any atom is -0.145 e. The number of aryl methyl sites for hydroxylation is 1. The molecule has 0 N–H and O–H groups in total. The van der Waals surface area contributed by atoms with Crippen molar-refractivity contribution in [2.45, 2.75) is 39.5 Å². The first-order chi connectivity index (χ1) is 6.80. The second kappa shape index (κ2) is 6.47. The molecule has 2 heteroatoms. The summed E-state index contributed by atoms with van der Waals surface area (Å²) in [6, 6.07) is 4.51. The van der Waals surface area contributed by atoms with Crippen molar-refractivity contribution in [3.05, 3.63) is 21.9 Å². The fraction of sp³-hybridized carbons (Fsp3) is 0.667. The quantitative estimate of drug-likeness (QED) is 0.631. The second-order valence-electron chi connectivity index (χ2n) is 3.73. The average molecular weight is 231 g/mol. The summed E-state index contributed by atoms with van der Waals surface area (Å²) < 4.78 is 0. The van der Waals surface area contributed by atoms with Gasteiger partial charge >= 0.3 is 0 Å². The molecular formula is C12H19ClS. The van der Waals surface area contributed by atoms with Crippen LogP contribution >= 0.6 is 22.9 Å². The number of rotatable bonds is 6. The molecule has 14 heavy (non-hydrogen) atoms. The molecule has 1 aromatic heterocycles. The van der Waals surface area contributed by atoms with E-state index in [1.807, 2.05) is 11.3 Å². The van der Waals surface area contributed by atoms with Crippen molar-refractivity contribution in [2.24, 2.45) is 5.92 Å². The van der Waals surface area contributed by atoms with Crippen molar-refractivity contribution in [3.8, 4) is 0 Å². The van der Waals surface area contributed by atoms with E-state index in [0.29, 0.717) is 5.92 Å². The Labute approximate surface area is 96.3 Å². The highest BCUT2D eigenvalue weighted by Gasteiger charge is 2.08. The Morgan fingerprint density at radius 2 is 2.00 bits per heavy atom. The molecule has 1 unspecified atom stereocenters. The SMILES string of the molecule is CCCC(CCl)Cc1ccc(CC)s1. The van der Waals surface area contributed by atoms with Crippen LogP contribution in [-0.2, 0) is 12.8 Å². The van der Waals surface area contributed by atoms with Gasteiger partial charge in [0.1, 0.15) is 0 Å². The molecule has 0 aliphatic rings. The highest BCUT2D eigenvalue weighted by Crippen LogP contribution is 2.22. The number of thiophene rings is 1. The summed E-state index contributed by atoms with van der Waals surface area (Å²) in [5, 5.41) is 0. The van der Waals surface area contributed by atoms with Crippen molar-refractivity contribution < 1.29 is 0 Å². The highest BCUT2D eigenvalue weighted by atomic mass is 35.5. The molecule has 80 valence electrons. The van der Waals surface area contributed by atoms with Crippen molar-refractivity contribution in [1.82, 2.24) is 0 Å². The zero-order chi connectivity index (χ0) is 10.4. The standard InChI is InChI=1S/C12H19ClS/c1-3-5-10(9-13)8-12-7-6-11(4-2)14-12/h6-7,10H,3-5,8-9H2,1-2H3. The lowest BCUT2D eigenvalue weighted by Crippen LogP contribution is -2.04. The van der Waals surface area contributed by atoms with E-state index in [1.165, 1.54) is 29.0 Å². The summed E-state index contributed by atoms with van der Waals surface area (Å²) in [4.78, 5) is 2.99. The Morgan fingerprint density at radius 3 is 2.50 bits per heavy atom. The van der Waals surface area contributed by atoms with E-state index in [-0.39, 0.29) is 0 Å². The molecular weight excluding hydrogens is 212 g/mol. The van der Waals surface area contributed by atoms with Gasteiger partial charge in [0.2, 0.25) is 0 Å². The highest BCUT2D eigenvalue weighted by molar-refractivity contribution is 7.11. The minimum atomic E-state index is 0.671. The fourth-order valence-corrected chi connectivity index (χ4v) is 2.98. The van der Waals surface area contributed by atoms with Gasteiger partial charge in [-0.2, -0.15) is 0 Å². The predicted octanol–water partition coefficient (Wildman–Crippen LogP) is 4.51. The van der Waals surface area contributed by atoms with Gasteiger partial charge in [0.05, 0.1) is 0 Å². The topological polar surface area (TPSA) is 0 Å². The van der Waals surface area contributed by atoms with Crippen molar-refractivity contribution >= 4 is 22.9 Å². The lowest BCUT2D eigenvalue weighted by atomic mass is 10.0. The summed E-state index contributed by atoms with van der Waals surface area (Å²) in [6.07, 6.45) is 4.82. The van der Waals surface area contributed by atoms with Crippen LogP contribution in [0.5, 0.6) is 0 Å². The smallest absolute Gasteiger partial charge is 0.0255 e. The van der Waals surface area contributed by atoms with Gasteiger partial charge in [0.15, 0.2) is 0 Å². The van der Waals surface area contributed by atoms with Crippen LogP contribution in [0.15, 0.2) is 12.1 Å². The Morgan fingerprint density at radius 1 is 1.29 bits per heavy atom. The van der Waals surface area contributed by atoms with E-state index < -0.39 is 0 Å². The first-order valence-electron chi connectivity index (χ1n) is 5.43. The van der Waals surface area contributed by atoms with E-state index in [1.54, 1.807) is 0 Å². The summed E-state index contributed by atoms with van der Waals surface area (Å²) in [6.45, 7) is 4.44. The maximum absolute atomic E-state index is 5.94. The van der Waals surface area contributed by atoms with Crippen LogP contribution in [0.3, 0.4) is 0 Å². The van der Waals surface area contributed by atoms with Crippen LogP contribution in [0, 0.1) is 5.92 Å². The molecule has 1 atom stereocenters. The first-order valence-corrected chi connectivity index (χ1v) is 6.78. The van der Waals surface area contributed by atoms with Gasteiger partial charge in [-0.1, -0.05) is 20.3 Å². The van der Waals surface area contributed by atoms with E-state index in [4.69, 9.17) is 11.6 Å². The molecule has 1 rings (SSSR count). The predicted molar refractivity (Wildman–Crippen MR) is 66.5 cm³/mol. The first kappa shape index (κ1) is 12.1. The summed E-state index contributed by atoms with van der Waals surface area (Å²) in [7, 11) is 0. The third kappa shape index (κ3) is 3.62. The largest absolute Gasteiger partial charge is 0.145 e. The molecule has 1 heterocycles. The molecule has 0 saturated heterocycles. The summed E-state index contributed by atoms with van der Waals surface area (Å²) in [5.41, 5.74) is 0. The number of hydrogen-bond acceptors (Lipinski definition) is 1. The van der Waals surface area contributed by atoms with Crippen molar-refractivity contribution in [3.63, 3.8) is 0 Å². The Balaban J connectivity index is 2.48. The lowest BCUT2D eigenvalue weighted by Gasteiger charge is -2.10. The van der Waals surface area contributed by atoms with Crippen LogP contribution in [0.25, 0.3) is 0 Å². The van der Waals surface area contributed by atoms with E-state index >= 15 is 0 Å². The minimum absolute atomic E-state index is 0.671. The van der Waals surface area contributed by atoms with Gasteiger partial charge in [-0.25, -0.2) is 0 Å². The Bertz CT molecular complexity index is 255. The molecule has 0 spiro atoms. The maximum atomic E-state index is 5.94. The van der Waals surface area contributed by atoms with E-state index in [2.05, 4.69) is 26.0 Å². The second-order valence-corrected chi connectivity index (χ2v) is 5.30. The average Bonchev–Trinajstić information content (AvgIpc) is 2.65. The zero-order valence-corrected chi connectivity index (χ0v) is 10.6. The molecule has 1 aromatic rings. The lowest BCUT2D eigenvalue weighted by molar-refractivity contribution is 0.532. The normalized spacial score (nSPS) is 13.1. The van der Waals surface area contributed by atoms with Crippen LogP contribution in [0.1, 0.15) is 36.4 Å². The van der Waals surface area contributed by atoms with E-state index in [9.17, 15) is 0 Å². The molecule has 0 nitrogen and oxygen atoms in total. The number of hydrogen-bond donors (Lipinski definition) is 0. The van der Waals surface area contributed by atoms with Gasteiger partial charge in [-0.15, -0.1) is 22.9 Å². The number of alkyl halides is 1. The molecule has 0 amide bonds. The fourth-order valence-electron chi connectivity index (χ4n) is 1.65. The van der Waals surface area contributed by atoms with Gasteiger partial charge in [0, 0.05) is 15.6 Å². The third-order valence-corrected chi connectivity index (χ3v) is 4.16. The molecule has 0 aliphatic carbocycles. The molecule has 0 fully saturated rings. The summed E-state index contributed by atoms with van der Waals surface area (Å²) >= 11 is 7.89. The van der Waals surface area contributed by atoms with Gasteiger partial charge < -0.3 is 0 Å². The monoisotopic (exact) mass is 230 g/mol. The van der Waals surface area contributed by atoms with Gasteiger partial charge in [-0.3, -0.25) is 0 Å². The van der Waals surface area contributed by atoms with Crippen molar-refractivity contribution in [2.75, 3.05) is 5.88 Å². The third-order valence-electron chi connectivity index (χ3n) is 2.47. The molecule has 0 aromatic carbocycles. The van der Waals surface area contributed by atoms with Gasteiger partial charge in [-0.05, 0) is 37.3 Å². The van der Waals surface area contributed by atoms with Crippen LogP contribution < -0.4 is 0 Å². The molecule has 0 radical (unpaired) electrons. The molecule has 0 bridgehead atoms. The van der Waals surface area contributed by atoms with E-state index in [0.717, 1.165) is 12.3 Å². The summed E-state index contributed by atoms with van der Waals surface area (Å²) in [5.74, 6) is 1.47. The van der Waals surface area contributed by atoms with Crippen LogP contribution in [0.4, 0.5) is 0 Å². The Hall–Kier alpha value is -0.0100. The maximum Gasteiger partial charge on any atom is 0.0255 e. The molecule has 0 saturated carbocycles. The number of halogens is 1. The van der Waals surface area contributed by atoms with Crippen molar-refractivity contribution in [1.29, 1.82) is 0 Å². The van der Waals surface area contributed by atoms with Crippen LogP contribution in [-0.4, -0.2) is 5.88 Å². The Kier molecular flexibility index (Phi) is 5.57. The van der Waals surface area contributed by atoms with Gasteiger partial charge in [0.25, 0.3) is 0 Å². The van der Waals surface area contributed by atoms with Crippen LogP contribution in [0.2, 0.25) is 0 Å². The molecule has 0 aliphatic heterocycles. The zero-order valence-electron chi connectivity index (χ0n) is 9.05.